The van der Waals surface area contributed by atoms with Gasteiger partial charge in [-0.15, -0.1) is 0 Å². The Hall–Kier alpha value is -1.82. The number of nitrogens with one attached hydrogen (secondary N) is 2. The van der Waals surface area contributed by atoms with Crippen molar-refractivity contribution >= 4 is 11.8 Å². The van der Waals surface area contributed by atoms with E-state index in [2.05, 4.69) is 10.6 Å². The van der Waals surface area contributed by atoms with Crippen LogP contribution in [-0.4, -0.2) is 36.1 Å². The Balaban J connectivity index is 2.14. The normalized spacial score (nSPS) is 11.9. The number of furan rings is 1. The summed E-state index contributed by atoms with van der Waals surface area (Å²) in [6.07, 6.45) is 3.01. The number of rotatable bonds is 7. The van der Waals surface area contributed by atoms with Gasteiger partial charge in [0.25, 0.3) is 5.91 Å². The van der Waals surface area contributed by atoms with Crippen molar-refractivity contribution in [2.75, 3.05) is 13.1 Å². The number of carbonyl (C=O) groups is 2. The molecular formula is C12H18N2O4. The van der Waals surface area contributed by atoms with E-state index in [4.69, 9.17) is 4.42 Å². The first-order valence-corrected chi connectivity index (χ1v) is 5.88. The lowest BCUT2D eigenvalue weighted by atomic mass is 10.2. The summed E-state index contributed by atoms with van der Waals surface area (Å²) < 4.78 is 4.77. The molecule has 2 amide bonds. The molecule has 1 atom stereocenters. The van der Waals surface area contributed by atoms with Gasteiger partial charge >= 0.3 is 0 Å². The number of hydrogen-bond donors (Lipinski definition) is 3. The maximum absolute atomic E-state index is 11.5. The molecule has 1 aromatic heterocycles. The van der Waals surface area contributed by atoms with Crippen molar-refractivity contribution in [1.82, 2.24) is 10.6 Å². The van der Waals surface area contributed by atoms with Crippen LogP contribution < -0.4 is 10.6 Å². The van der Waals surface area contributed by atoms with E-state index in [0.717, 1.165) is 0 Å². The zero-order valence-electron chi connectivity index (χ0n) is 10.3. The van der Waals surface area contributed by atoms with Crippen LogP contribution in [0.2, 0.25) is 0 Å². The summed E-state index contributed by atoms with van der Waals surface area (Å²) in [6, 6.07) is 1.55. The molecule has 100 valence electrons. The molecule has 0 aromatic carbocycles. The van der Waals surface area contributed by atoms with Crippen molar-refractivity contribution < 1.29 is 19.1 Å². The molecule has 1 heterocycles. The molecule has 0 saturated heterocycles. The number of amides is 2. The highest BCUT2D eigenvalue weighted by molar-refractivity contribution is 5.93. The number of aliphatic hydroxyl groups excluding tert-OH is 1. The monoisotopic (exact) mass is 254 g/mol. The third-order valence-electron chi connectivity index (χ3n) is 2.43. The van der Waals surface area contributed by atoms with Gasteiger partial charge in [-0.2, -0.15) is 0 Å². The summed E-state index contributed by atoms with van der Waals surface area (Å²) in [6.45, 7) is 2.32. The van der Waals surface area contributed by atoms with Gasteiger partial charge in [0.05, 0.1) is 17.9 Å². The second-order valence-electron chi connectivity index (χ2n) is 3.88. The second-order valence-corrected chi connectivity index (χ2v) is 3.88. The first-order chi connectivity index (χ1) is 8.63. The molecule has 1 aromatic rings. The van der Waals surface area contributed by atoms with E-state index < -0.39 is 6.10 Å². The van der Waals surface area contributed by atoms with Crippen LogP contribution in [0, 0.1) is 0 Å². The highest BCUT2D eigenvalue weighted by atomic mass is 16.3. The predicted molar refractivity (Wildman–Crippen MR) is 65.0 cm³/mol. The quantitative estimate of drug-likeness (QED) is 0.652. The standard InChI is InChI=1S/C12H18N2O4/c1-2-10(15)7-14-11(16)3-5-13-12(17)9-4-6-18-8-9/h4,6,8,10,15H,2-3,5,7H2,1H3,(H,13,17)(H,14,16). The van der Waals surface area contributed by atoms with Crippen LogP contribution in [0.25, 0.3) is 0 Å². The summed E-state index contributed by atoms with van der Waals surface area (Å²) in [7, 11) is 0. The van der Waals surface area contributed by atoms with Crippen LogP contribution in [0.15, 0.2) is 23.0 Å². The van der Waals surface area contributed by atoms with Gasteiger partial charge in [0.1, 0.15) is 6.26 Å². The maximum Gasteiger partial charge on any atom is 0.254 e. The fraction of sp³-hybridized carbons (Fsp3) is 0.500. The molecule has 18 heavy (non-hydrogen) atoms. The summed E-state index contributed by atoms with van der Waals surface area (Å²) >= 11 is 0. The van der Waals surface area contributed by atoms with Gasteiger partial charge in [0.15, 0.2) is 0 Å². The second kappa shape index (κ2) is 7.50. The van der Waals surface area contributed by atoms with Gasteiger partial charge in [0.2, 0.25) is 5.91 Å². The van der Waals surface area contributed by atoms with Gasteiger partial charge in [-0.05, 0) is 12.5 Å². The third-order valence-corrected chi connectivity index (χ3v) is 2.43. The average molecular weight is 254 g/mol. The van der Waals surface area contributed by atoms with Crippen molar-refractivity contribution in [3.63, 3.8) is 0 Å². The highest BCUT2D eigenvalue weighted by Gasteiger charge is 2.08. The first-order valence-electron chi connectivity index (χ1n) is 5.88. The molecule has 0 radical (unpaired) electrons. The molecule has 1 unspecified atom stereocenters. The lowest BCUT2D eigenvalue weighted by molar-refractivity contribution is -0.121. The molecule has 0 fully saturated rings. The first kappa shape index (κ1) is 14.2. The Morgan fingerprint density at radius 2 is 2.22 bits per heavy atom. The van der Waals surface area contributed by atoms with E-state index in [9.17, 15) is 14.7 Å². The van der Waals surface area contributed by atoms with Crippen LogP contribution in [0.4, 0.5) is 0 Å². The lowest BCUT2D eigenvalue weighted by Crippen LogP contribution is -2.34. The average Bonchev–Trinajstić information content (AvgIpc) is 2.89. The molecule has 0 aliphatic carbocycles. The smallest absolute Gasteiger partial charge is 0.254 e. The molecule has 0 aliphatic rings. The van der Waals surface area contributed by atoms with Crippen molar-refractivity contribution in [3.8, 4) is 0 Å². The Bertz CT molecular complexity index is 375. The van der Waals surface area contributed by atoms with E-state index in [1.54, 1.807) is 6.07 Å². The van der Waals surface area contributed by atoms with Gasteiger partial charge in [-0.1, -0.05) is 6.92 Å². The Morgan fingerprint density at radius 1 is 1.44 bits per heavy atom. The van der Waals surface area contributed by atoms with Gasteiger partial charge in [0, 0.05) is 19.5 Å². The lowest BCUT2D eigenvalue weighted by Gasteiger charge is -2.09. The summed E-state index contributed by atoms with van der Waals surface area (Å²) in [5, 5.41) is 14.4. The Morgan fingerprint density at radius 3 is 2.83 bits per heavy atom. The van der Waals surface area contributed by atoms with E-state index in [1.165, 1.54) is 12.5 Å². The highest BCUT2D eigenvalue weighted by Crippen LogP contribution is 1.98. The molecule has 0 spiro atoms. The molecule has 0 aliphatic heterocycles. The summed E-state index contributed by atoms with van der Waals surface area (Å²) in [4.78, 5) is 22.8. The van der Waals surface area contributed by atoms with Crippen molar-refractivity contribution in [3.05, 3.63) is 24.2 Å². The van der Waals surface area contributed by atoms with Crippen LogP contribution in [-0.2, 0) is 4.79 Å². The summed E-state index contributed by atoms with van der Waals surface area (Å²) in [5.74, 6) is -0.472. The van der Waals surface area contributed by atoms with Crippen molar-refractivity contribution in [2.45, 2.75) is 25.9 Å². The number of carbonyl (C=O) groups excluding carboxylic acids is 2. The topological polar surface area (TPSA) is 91.6 Å². The fourth-order valence-electron chi connectivity index (χ4n) is 1.25. The molecule has 0 saturated carbocycles. The van der Waals surface area contributed by atoms with Gasteiger partial charge in [-0.25, -0.2) is 0 Å². The van der Waals surface area contributed by atoms with Gasteiger partial charge in [-0.3, -0.25) is 9.59 Å². The molecule has 6 heteroatoms. The molecular weight excluding hydrogens is 236 g/mol. The van der Waals surface area contributed by atoms with Crippen molar-refractivity contribution in [1.29, 1.82) is 0 Å². The molecule has 6 nitrogen and oxygen atoms in total. The number of aliphatic hydroxyl groups is 1. The SMILES string of the molecule is CCC(O)CNC(=O)CCNC(=O)c1ccoc1. The van der Waals surface area contributed by atoms with E-state index in [1.807, 2.05) is 6.92 Å². The van der Waals surface area contributed by atoms with E-state index in [0.29, 0.717) is 12.0 Å². The fourth-order valence-corrected chi connectivity index (χ4v) is 1.25. The number of hydrogen-bond acceptors (Lipinski definition) is 4. The zero-order chi connectivity index (χ0) is 13.4. The molecule has 0 bridgehead atoms. The van der Waals surface area contributed by atoms with Crippen LogP contribution >= 0.6 is 0 Å². The molecule has 1 rings (SSSR count). The zero-order valence-corrected chi connectivity index (χ0v) is 10.3. The van der Waals surface area contributed by atoms with Crippen LogP contribution in [0.5, 0.6) is 0 Å². The Labute approximate surface area is 105 Å². The minimum absolute atomic E-state index is 0.181. The van der Waals surface area contributed by atoms with E-state index >= 15 is 0 Å². The summed E-state index contributed by atoms with van der Waals surface area (Å²) in [5.41, 5.74) is 0.428. The van der Waals surface area contributed by atoms with Crippen LogP contribution in [0.1, 0.15) is 30.1 Å². The van der Waals surface area contributed by atoms with Crippen molar-refractivity contribution in [2.24, 2.45) is 0 Å². The molecule has 3 N–H and O–H groups in total. The minimum Gasteiger partial charge on any atom is -0.472 e. The predicted octanol–water partition coefficient (Wildman–Crippen LogP) is 0.287. The maximum atomic E-state index is 11.5. The van der Waals surface area contributed by atoms with Crippen LogP contribution in [0.3, 0.4) is 0 Å². The van der Waals surface area contributed by atoms with E-state index in [-0.39, 0.29) is 31.3 Å². The largest absolute Gasteiger partial charge is 0.472 e. The minimum atomic E-state index is -0.519. The van der Waals surface area contributed by atoms with Gasteiger partial charge < -0.3 is 20.2 Å². The Kier molecular flexibility index (Phi) is 5.93. The third kappa shape index (κ3) is 5.01.